The zero-order chi connectivity index (χ0) is 30.0. The molecular weight excluding hydrogens is 629 g/mol. The molecule has 0 aliphatic heterocycles. The normalized spacial score (nSPS) is 11.7. The molecule has 0 atom stereocenters. The fourth-order valence-electron chi connectivity index (χ4n) is 4.84. The van der Waals surface area contributed by atoms with Gasteiger partial charge in [-0.05, 0) is 66.2 Å². The number of para-hydroxylation sites is 2. The summed E-state index contributed by atoms with van der Waals surface area (Å²) in [6, 6.07) is 43.0. The van der Waals surface area contributed by atoms with E-state index >= 15 is 0 Å². The van der Waals surface area contributed by atoms with Crippen molar-refractivity contribution in [2.75, 3.05) is 0 Å². The van der Waals surface area contributed by atoms with Crippen LogP contribution in [0.15, 0.2) is 138 Å². The summed E-state index contributed by atoms with van der Waals surface area (Å²) in [4.78, 5) is 6.03. The van der Waals surface area contributed by atoms with Gasteiger partial charge < -0.3 is 0 Å². The smallest absolute Gasteiger partial charge is 0.214 e. The number of nitrogens with zero attached hydrogens (tertiary/aromatic N) is 5. The fraction of sp³-hybridized carbons (Fsp3) is 0. The molecule has 44 heavy (non-hydrogen) atoms. The first kappa shape index (κ1) is 28.3. The quantitative estimate of drug-likeness (QED) is 0.180. The highest BCUT2D eigenvalue weighted by Crippen LogP contribution is 2.41. The third-order valence-corrected chi connectivity index (χ3v) is 8.68. The molecule has 0 saturated heterocycles. The van der Waals surface area contributed by atoms with Crippen molar-refractivity contribution in [2.24, 2.45) is 4.99 Å². The highest BCUT2D eigenvalue weighted by Gasteiger charge is 2.23. The molecule has 7 aromatic rings. The molecule has 7 rings (SSSR count). The molecule has 5 nitrogen and oxygen atoms in total. The Hall–Kier alpha value is -4.46. The van der Waals surface area contributed by atoms with Gasteiger partial charge in [0.05, 0.1) is 16.9 Å². The molecule has 0 amide bonds. The molecule has 0 N–H and O–H groups in total. The van der Waals surface area contributed by atoms with Crippen LogP contribution in [0.5, 0.6) is 0 Å². The van der Waals surface area contributed by atoms with Gasteiger partial charge in [0, 0.05) is 26.2 Å². The lowest BCUT2D eigenvalue weighted by atomic mass is 10.0. The second-order valence-corrected chi connectivity index (χ2v) is 12.1. The van der Waals surface area contributed by atoms with Crippen molar-refractivity contribution in [3.8, 4) is 44.3 Å². The predicted molar refractivity (Wildman–Crippen MR) is 182 cm³/mol. The van der Waals surface area contributed by atoms with Crippen LogP contribution < -0.4 is 4.80 Å². The van der Waals surface area contributed by atoms with Gasteiger partial charge in [0.2, 0.25) is 4.80 Å². The second-order valence-electron chi connectivity index (χ2n) is 9.86. The molecule has 0 aliphatic carbocycles. The number of rotatable bonds is 6. The van der Waals surface area contributed by atoms with E-state index in [1.165, 1.54) is 11.3 Å². The first-order valence-corrected chi connectivity index (χ1v) is 15.6. The van der Waals surface area contributed by atoms with Crippen LogP contribution in [0.2, 0.25) is 15.1 Å². The van der Waals surface area contributed by atoms with Crippen molar-refractivity contribution in [1.29, 1.82) is 0 Å². The van der Waals surface area contributed by atoms with Crippen molar-refractivity contribution >= 4 is 52.0 Å². The van der Waals surface area contributed by atoms with Gasteiger partial charge in [-0.25, -0.2) is 9.36 Å². The average molecular weight is 651 g/mol. The van der Waals surface area contributed by atoms with Crippen molar-refractivity contribution in [3.63, 3.8) is 0 Å². The fourth-order valence-corrected chi connectivity index (χ4v) is 6.14. The molecule has 0 spiro atoms. The van der Waals surface area contributed by atoms with E-state index in [4.69, 9.17) is 50.0 Å². The maximum absolute atomic E-state index is 6.33. The van der Waals surface area contributed by atoms with Crippen LogP contribution in [0.4, 0.5) is 5.82 Å². The van der Waals surface area contributed by atoms with Crippen molar-refractivity contribution in [1.82, 2.24) is 19.6 Å². The first-order valence-electron chi connectivity index (χ1n) is 13.7. The standard InChI is InChI=1S/C35H22Cl3N5S/c36-26-17-11-23(12-18-26)31-32(24-13-19-27(37)20-14-24)40-42(29-7-3-1-4-8-29)33(31)39-35-43(30-9-5-2-6-10-30)41-34(44-35)25-15-21-28(38)22-16-25/h1-22H. The summed E-state index contributed by atoms with van der Waals surface area (Å²) >= 11 is 20.3. The Labute approximate surface area is 272 Å². The van der Waals surface area contributed by atoms with E-state index in [1.54, 1.807) is 0 Å². The predicted octanol–water partition coefficient (Wildman–Crippen LogP) is 10.3. The van der Waals surface area contributed by atoms with Gasteiger partial charge in [-0.15, -0.1) is 0 Å². The molecule has 2 heterocycles. The molecule has 0 fully saturated rings. The molecule has 0 unspecified atom stereocenters. The molecule has 9 heteroatoms. The van der Waals surface area contributed by atoms with E-state index in [-0.39, 0.29) is 0 Å². The molecule has 0 saturated carbocycles. The summed E-state index contributed by atoms with van der Waals surface area (Å²) in [5, 5.41) is 12.9. The van der Waals surface area contributed by atoms with Crippen LogP contribution in [0, 0.1) is 0 Å². The lowest BCUT2D eigenvalue weighted by molar-refractivity contribution is 0.823. The van der Waals surface area contributed by atoms with E-state index in [2.05, 4.69) is 0 Å². The summed E-state index contributed by atoms with van der Waals surface area (Å²) in [5.74, 6) is 0.652. The minimum Gasteiger partial charge on any atom is -0.214 e. The Bertz CT molecular complexity index is 2120. The summed E-state index contributed by atoms with van der Waals surface area (Å²) in [6.07, 6.45) is 0. The van der Waals surface area contributed by atoms with Crippen LogP contribution >= 0.6 is 46.1 Å². The van der Waals surface area contributed by atoms with E-state index in [0.717, 1.165) is 44.3 Å². The van der Waals surface area contributed by atoms with Gasteiger partial charge in [0.15, 0.2) is 5.82 Å². The highest BCUT2D eigenvalue weighted by atomic mass is 35.5. The summed E-state index contributed by atoms with van der Waals surface area (Å²) in [6.45, 7) is 0. The molecular formula is C35H22Cl3N5S. The van der Waals surface area contributed by atoms with Crippen LogP contribution in [-0.4, -0.2) is 19.6 Å². The van der Waals surface area contributed by atoms with Gasteiger partial charge in [-0.3, -0.25) is 0 Å². The Morgan fingerprint density at radius 1 is 0.500 bits per heavy atom. The first-order chi connectivity index (χ1) is 21.5. The average Bonchev–Trinajstić information content (AvgIpc) is 3.65. The number of benzene rings is 5. The highest BCUT2D eigenvalue weighted by molar-refractivity contribution is 7.12. The van der Waals surface area contributed by atoms with Gasteiger partial charge in [-0.2, -0.15) is 15.2 Å². The lowest BCUT2D eigenvalue weighted by Gasteiger charge is -2.07. The van der Waals surface area contributed by atoms with Gasteiger partial charge in [-0.1, -0.05) is 119 Å². The van der Waals surface area contributed by atoms with Gasteiger partial charge in [0.1, 0.15) is 10.7 Å². The van der Waals surface area contributed by atoms with Crippen molar-refractivity contribution in [3.05, 3.63) is 153 Å². The molecule has 5 aromatic carbocycles. The molecule has 0 radical (unpaired) electrons. The molecule has 214 valence electrons. The maximum atomic E-state index is 6.33. The zero-order valence-corrected chi connectivity index (χ0v) is 26.1. The largest absolute Gasteiger partial charge is 0.214 e. The van der Waals surface area contributed by atoms with Crippen LogP contribution in [0.3, 0.4) is 0 Å². The monoisotopic (exact) mass is 649 g/mol. The zero-order valence-electron chi connectivity index (χ0n) is 23.0. The van der Waals surface area contributed by atoms with Crippen LogP contribution in [0.1, 0.15) is 0 Å². The Kier molecular flexibility index (Phi) is 7.90. The third-order valence-electron chi connectivity index (χ3n) is 6.97. The minimum atomic E-state index is 0.646. The summed E-state index contributed by atoms with van der Waals surface area (Å²) < 4.78 is 3.75. The van der Waals surface area contributed by atoms with E-state index in [0.29, 0.717) is 25.7 Å². The van der Waals surface area contributed by atoms with Crippen molar-refractivity contribution in [2.45, 2.75) is 0 Å². The lowest BCUT2D eigenvalue weighted by Crippen LogP contribution is -2.14. The number of hydrogen-bond acceptors (Lipinski definition) is 4. The van der Waals surface area contributed by atoms with Gasteiger partial charge >= 0.3 is 0 Å². The molecule has 0 bridgehead atoms. The van der Waals surface area contributed by atoms with Crippen LogP contribution in [-0.2, 0) is 0 Å². The molecule has 2 aromatic heterocycles. The number of hydrogen-bond donors (Lipinski definition) is 0. The molecule has 0 aliphatic rings. The minimum absolute atomic E-state index is 0.646. The number of halogens is 3. The number of aromatic nitrogens is 4. The summed E-state index contributed by atoms with van der Waals surface area (Å²) in [7, 11) is 0. The Morgan fingerprint density at radius 2 is 0.977 bits per heavy atom. The van der Waals surface area contributed by atoms with Crippen molar-refractivity contribution < 1.29 is 0 Å². The van der Waals surface area contributed by atoms with Crippen LogP contribution in [0.25, 0.3) is 44.3 Å². The Balaban J connectivity index is 1.56. The Morgan fingerprint density at radius 3 is 1.52 bits per heavy atom. The maximum Gasteiger partial charge on any atom is 0.214 e. The second kappa shape index (κ2) is 12.3. The van der Waals surface area contributed by atoms with E-state index in [9.17, 15) is 0 Å². The van der Waals surface area contributed by atoms with Gasteiger partial charge in [0.25, 0.3) is 0 Å². The third kappa shape index (κ3) is 5.73. The van der Waals surface area contributed by atoms with E-state index < -0.39 is 0 Å². The summed E-state index contributed by atoms with van der Waals surface area (Å²) in [5.41, 5.74) is 6.16. The SMILES string of the molecule is Clc1ccc(-c2nn(-c3ccccc3)c(=Nc3c(-c4ccc(Cl)cc4)c(-c4ccc(Cl)cc4)nn3-c3ccccc3)s2)cc1. The topological polar surface area (TPSA) is 48.0 Å². The van der Waals surface area contributed by atoms with E-state index in [1.807, 2.05) is 143 Å².